The van der Waals surface area contributed by atoms with Crippen LogP contribution in [0.4, 0.5) is 5.69 Å². The number of fused-ring (bicyclic) bond motifs is 1. The van der Waals surface area contributed by atoms with E-state index < -0.39 is 11.7 Å². The smallest absolute Gasteiger partial charge is 0.359 e. The van der Waals surface area contributed by atoms with Crippen LogP contribution in [0.3, 0.4) is 0 Å². The molecule has 0 amide bonds. The standard InChI is InChI=1S/C17H12ClN3O3/c18-11-6-7-13-12(8-11)15(10-4-2-1-3-5-10)19-9-14(20-13)16(21-24)17(22)23/h1-8,24H,9H2,(H,22,23). The Morgan fingerprint density at radius 2 is 1.92 bits per heavy atom. The molecule has 3 rings (SSSR count). The maximum absolute atomic E-state index is 11.2. The van der Waals surface area contributed by atoms with E-state index in [9.17, 15) is 4.79 Å². The molecule has 2 aromatic carbocycles. The molecule has 0 saturated heterocycles. The average molecular weight is 342 g/mol. The van der Waals surface area contributed by atoms with Crippen molar-refractivity contribution in [1.82, 2.24) is 0 Å². The van der Waals surface area contributed by atoms with Crippen molar-refractivity contribution in [3.8, 4) is 0 Å². The zero-order valence-electron chi connectivity index (χ0n) is 12.3. The van der Waals surface area contributed by atoms with E-state index in [2.05, 4.69) is 15.1 Å². The predicted octanol–water partition coefficient (Wildman–Crippen LogP) is 3.18. The van der Waals surface area contributed by atoms with Crippen LogP contribution in [0.2, 0.25) is 5.02 Å². The van der Waals surface area contributed by atoms with E-state index in [1.165, 1.54) is 0 Å². The fourth-order valence-electron chi connectivity index (χ4n) is 2.41. The van der Waals surface area contributed by atoms with Gasteiger partial charge in [0.25, 0.3) is 0 Å². The molecule has 0 aliphatic carbocycles. The number of hydrogen-bond acceptors (Lipinski definition) is 5. The van der Waals surface area contributed by atoms with Crippen molar-refractivity contribution in [1.29, 1.82) is 0 Å². The average Bonchev–Trinajstić information content (AvgIpc) is 2.75. The molecule has 0 atom stereocenters. The fourth-order valence-corrected chi connectivity index (χ4v) is 2.58. The van der Waals surface area contributed by atoms with Gasteiger partial charge in [0, 0.05) is 16.1 Å². The zero-order valence-corrected chi connectivity index (χ0v) is 13.1. The number of carbonyl (C=O) groups is 1. The molecule has 1 aliphatic heterocycles. The Balaban J connectivity index is 2.19. The first-order valence-corrected chi connectivity index (χ1v) is 7.41. The Hall–Kier alpha value is -2.99. The SMILES string of the molecule is O=C(O)C(=NO)C1=Nc2ccc(Cl)cc2C(c2ccccc2)=NC1. The first-order valence-electron chi connectivity index (χ1n) is 7.03. The summed E-state index contributed by atoms with van der Waals surface area (Å²) >= 11 is 6.10. The van der Waals surface area contributed by atoms with Crippen LogP contribution in [0, 0.1) is 0 Å². The van der Waals surface area contributed by atoms with Gasteiger partial charge in [-0.3, -0.25) is 4.99 Å². The second kappa shape index (κ2) is 6.64. The van der Waals surface area contributed by atoms with Crippen molar-refractivity contribution in [3.63, 3.8) is 0 Å². The van der Waals surface area contributed by atoms with Crippen molar-refractivity contribution < 1.29 is 15.1 Å². The van der Waals surface area contributed by atoms with Gasteiger partial charge in [0.2, 0.25) is 5.71 Å². The molecule has 1 aliphatic rings. The van der Waals surface area contributed by atoms with Crippen LogP contribution in [0.25, 0.3) is 0 Å². The van der Waals surface area contributed by atoms with Gasteiger partial charge in [-0.15, -0.1) is 0 Å². The number of aliphatic imine (C=N–C) groups is 2. The molecule has 0 aromatic heterocycles. The van der Waals surface area contributed by atoms with Gasteiger partial charge in [-0.1, -0.05) is 47.1 Å². The van der Waals surface area contributed by atoms with Crippen LogP contribution in [-0.2, 0) is 4.79 Å². The lowest BCUT2D eigenvalue weighted by Crippen LogP contribution is -2.26. The highest BCUT2D eigenvalue weighted by Crippen LogP contribution is 2.28. The Kier molecular flexibility index (Phi) is 4.39. The number of aliphatic carboxylic acids is 1. The Morgan fingerprint density at radius 3 is 2.58 bits per heavy atom. The molecule has 2 N–H and O–H groups in total. The Morgan fingerprint density at radius 1 is 1.17 bits per heavy atom. The first kappa shape index (κ1) is 15.9. The lowest BCUT2D eigenvalue weighted by atomic mass is 10.0. The summed E-state index contributed by atoms with van der Waals surface area (Å²) < 4.78 is 0. The van der Waals surface area contributed by atoms with Crippen molar-refractivity contribution in [2.75, 3.05) is 6.54 Å². The lowest BCUT2D eigenvalue weighted by molar-refractivity contribution is -0.129. The van der Waals surface area contributed by atoms with Gasteiger partial charge in [0.05, 0.1) is 23.7 Å². The highest BCUT2D eigenvalue weighted by molar-refractivity contribution is 6.66. The summed E-state index contributed by atoms with van der Waals surface area (Å²) in [5.74, 6) is -1.37. The van der Waals surface area contributed by atoms with Gasteiger partial charge in [0.1, 0.15) is 0 Å². The van der Waals surface area contributed by atoms with Gasteiger partial charge in [0.15, 0.2) is 0 Å². The highest BCUT2D eigenvalue weighted by Gasteiger charge is 2.23. The third kappa shape index (κ3) is 3.04. The third-order valence-electron chi connectivity index (χ3n) is 3.48. The van der Waals surface area contributed by atoms with E-state index in [0.29, 0.717) is 22.0 Å². The second-order valence-corrected chi connectivity index (χ2v) is 5.44. The topological polar surface area (TPSA) is 94.6 Å². The van der Waals surface area contributed by atoms with E-state index in [1.54, 1.807) is 18.2 Å². The van der Waals surface area contributed by atoms with Crippen molar-refractivity contribution in [3.05, 3.63) is 64.7 Å². The van der Waals surface area contributed by atoms with Crippen molar-refractivity contribution in [2.45, 2.75) is 0 Å². The Bertz CT molecular complexity index is 889. The number of carboxylic acid groups (broad SMARTS) is 1. The second-order valence-electron chi connectivity index (χ2n) is 5.00. The van der Waals surface area contributed by atoms with Gasteiger partial charge in [-0.25, -0.2) is 9.79 Å². The summed E-state index contributed by atoms with van der Waals surface area (Å²) in [5.41, 5.74) is 2.24. The summed E-state index contributed by atoms with van der Waals surface area (Å²) in [6, 6.07) is 14.5. The third-order valence-corrected chi connectivity index (χ3v) is 3.71. The van der Waals surface area contributed by atoms with Gasteiger partial charge in [-0.2, -0.15) is 0 Å². The van der Waals surface area contributed by atoms with Crippen LogP contribution in [0.1, 0.15) is 11.1 Å². The monoisotopic (exact) mass is 341 g/mol. The minimum atomic E-state index is -1.37. The molecule has 2 aromatic rings. The fraction of sp³-hybridized carbons (Fsp3) is 0.0588. The molecule has 0 radical (unpaired) electrons. The minimum Gasteiger partial charge on any atom is -0.476 e. The number of nitrogens with zero attached hydrogens (tertiary/aromatic N) is 3. The molecule has 7 heteroatoms. The van der Waals surface area contributed by atoms with Crippen LogP contribution >= 0.6 is 11.6 Å². The quantitative estimate of drug-likeness (QED) is 0.510. The summed E-state index contributed by atoms with van der Waals surface area (Å²) in [4.78, 5) is 20.0. The van der Waals surface area contributed by atoms with E-state index in [1.807, 2.05) is 30.3 Å². The number of carboxylic acids is 1. The number of oxime groups is 1. The first-order chi connectivity index (χ1) is 11.6. The van der Waals surface area contributed by atoms with Gasteiger partial charge >= 0.3 is 5.97 Å². The van der Waals surface area contributed by atoms with E-state index in [0.717, 1.165) is 5.56 Å². The summed E-state index contributed by atoms with van der Waals surface area (Å²) in [5, 5.41) is 21.5. The molecular weight excluding hydrogens is 330 g/mol. The lowest BCUT2D eigenvalue weighted by Gasteiger charge is -2.08. The molecule has 6 nitrogen and oxygen atoms in total. The molecular formula is C17H12ClN3O3. The predicted molar refractivity (Wildman–Crippen MR) is 92.4 cm³/mol. The summed E-state index contributed by atoms with van der Waals surface area (Å²) in [6.45, 7) is -0.0256. The van der Waals surface area contributed by atoms with E-state index >= 15 is 0 Å². The van der Waals surface area contributed by atoms with Crippen LogP contribution in [0.15, 0.2) is 63.7 Å². The van der Waals surface area contributed by atoms with E-state index in [4.69, 9.17) is 21.9 Å². The van der Waals surface area contributed by atoms with Crippen molar-refractivity contribution >= 4 is 40.4 Å². The van der Waals surface area contributed by atoms with Crippen LogP contribution in [0.5, 0.6) is 0 Å². The zero-order chi connectivity index (χ0) is 17.1. The Labute approximate surface area is 142 Å². The summed E-state index contributed by atoms with van der Waals surface area (Å²) in [7, 11) is 0. The molecule has 0 unspecified atom stereocenters. The maximum Gasteiger partial charge on any atom is 0.359 e. The molecule has 24 heavy (non-hydrogen) atoms. The number of halogens is 1. The van der Waals surface area contributed by atoms with Gasteiger partial charge < -0.3 is 10.3 Å². The highest BCUT2D eigenvalue weighted by atomic mass is 35.5. The molecule has 120 valence electrons. The van der Waals surface area contributed by atoms with Gasteiger partial charge in [-0.05, 0) is 18.2 Å². The minimum absolute atomic E-state index is 0.0256. The molecule has 0 fully saturated rings. The van der Waals surface area contributed by atoms with Crippen LogP contribution < -0.4 is 0 Å². The summed E-state index contributed by atoms with van der Waals surface area (Å²) in [6.07, 6.45) is 0. The molecule has 0 bridgehead atoms. The molecule has 1 heterocycles. The van der Waals surface area contributed by atoms with Crippen molar-refractivity contribution in [2.24, 2.45) is 15.1 Å². The molecule has 0 saturated carbocycles. The largest absolute Gasteiger partial charge is 0.476 e. The maximum atomic E-state index is 11.2. The normalized spacial score (nSPS) is 14.3. The van der Waals surface area contributed by atoms with Crippen LogP contribution in [-0.4, -0.2) is 40.0 Å². The number of hydrogen-bond donors (Lipinski definition) is 2. The molecule has 0 spiro atoms. The number of rotatable bonds is 3. The number of benzene rings is 2. The van der Waals surface area contributed by atoms with E-state index in [-0.39, 0.29) is 12.3 Å².